The minimum absolute atomic E-state index is 0.243. The van der Waals surface area contributed by atoms with Crippen LogP contribution >= 0.6 is 0 Å². The molecule has 4 rings (SSSR count). The van der Waals surface area contributed by atoms with Gasteiger partial charge in [0.2, 0.25) is 11.8 Å². The topological polar surface area (TPSA) is 68.3 Å². The van der Waals surface area contributed by atoms with Crippen molar-refractivity contribution in [3.05, 3.63) is 77.8 Å². The first kappa shape index (κ1) is 16.8. The SMILES string of the molecule is Cc1cc(C)c2oc(-c3cccc(NC(=O)C=Cc4ccco4)c3)nc2c1. The van der Waals surface area contributed by atoms with E-state index in [9.17, 15) is 4.79 Å². The summed E-state index contributed by atoms with van der Waals surface area (Å²) in [5.74, 6) is 0.907. The Balaban J connectivity index is 1.57. The fourth-order valence-electron chi connectivity index (χ4n) is 2.96. The van der Waals surface area contributed by atoms with Crippen molar-refractivity contribution in [3.63, 3.8) is 0 Å². The molecule has 0 unspecified atom stereocenters. The van der Waals surface area contributed by atoms with Crippen molar-refractivity contribution in [3.8, 4) is 11.5 Å². The molecule has 0 saturated carbocycles. The largest absolute Gasteiger partial charge is 0.465 e. The highest BCUT2D eigenvalue weighted by molar-refractivity contribution is 6.02. The van der Waals surface area contributed by atoms with Crippen LogP contribution in [0.1, 0.15) is 16.9 Å². The van der Waals surface area contributed by atoms with Crippen LogP contribution in [0.4, 0.5) is 5.69 Å². The Morgan fingerprint density at radius 3 is 2.81 bits per heavy atom. The molecule has 1 N–H and O–H groups in total. The van der Waals surface area contributed by atoms with Crippen molar-refractivity contribution >= 4 is 28.8 Å². The first-order valence-corrected chi connectivity index (χ1v) is 8.59. The molecule has 0 aliphatic rings. The number of rotatable bonds is 4. The third-order valence-corrected chi connectivity index (χ3v) is 4.14. The average Bonchev–Trinajstić information content (AvgIpc) is 3.30. The Labute approximate surface area is 156 Å². The number of furan rings is 1. The molecular formula is C22H18N2O3. The molecule has 0 aliphatic heterocycles. The Morgan fingerprint density at radius 2 is 2.00 bits per heavy atom. The molecule has 4 aromatic rings. The molecule has 0 saturated heterocycles. The number of anilines is 1. The van der Waals surface area contributed by atoms with E-state index in [4.69, 9.17) is 8.83 Å². The summed E-state index contributed by atoms with van der Waals surface area (Å²) in [4.78, 5) is 16.7. The molecule has 0 spiro atoms. The summed E-state index contributed by atoms with van der Waals surface area (Å²) in [5, 5.41) is 2.83. The highest BCUT2D eigenvalue weighted by atomic mass is 16.3. The molecule has 0 bridgehead atoms. The summed E-state index contributed by atoms with van der Waals surface area (Å²) < 4.78 is 11.1. The highest BCUT2D eigenvalue weighted by Gasteiger charge is 2.11. The zero-order chi connectivity index (χ0) is 18.8. The number of amides is 1. The summed E-state index contributed by atoms with van der Waals surface area (Å²) in [6, 6.07) is 15.0. The van der Waals surface area contributed by atoms with Crippen LogP contribution in [-0.2, 0) is 4.79 Å². The standard InChI is InChI=1S/C22H18N2O3/c1-14-11-15(2)21-19(12-14)24-22(27-21)16-5-3-6-17(13-16)23-20(25)9-8-18-7-4-10-26-18/h3-13H,1-2H3,(H,23,25). The predicted octanol–water partition coefficient (Wildman–Crippen LogP) is 5.36. The molecule has 2 aromatic heterocycles. The second-order valence-corrected chi connectivity index (χ2v) is 6.37. The van der Waals surface area contributed by atoms with Crippen molar-refractivity contribution in [1.82, 2.24) is 4.98 Å². The van der Waals surface area contributed by atoms with Gasteiger partial charge in [-0.25, -0.2) is 4.98 Å². The Hall–Kier alpha value is -3.60. The van der Waals surface area contributed by atoms with Crippen molar-refractivity contribution in [2.24, 2.45) is 0 Å². The molecule has 2 heterocycles. The van der Waals surface area contributed by atoms with Crippen molar-refractivity contribution in [2.45, 2.75) is 13.8 Å². The Bertz CT molecular complexity index is 1140. The predicted molar refractivity (Wildman–Crippen MR) is 105 cm³/mol. The summed E-state index contributed by atoms with van der Waals surface area (Å²) in [7, 11) is 0. The molecule has 0 radical (unpaired) electrons. The van der Waals surface area contributed by atoms with Crippen LogP contribution in [0.3, 0.4) is 0 Å². The number of aryl methyl sites for hydroxylation is 2. The number of benzene rings is 2. The molecule has 5 heteroatoms. The zero-order valence-corrected chi connectivity index (χ0v) is 15.0. The smallest absolute Gasteiger partial charge is 0.248 e. The molecule has 0 fully saturated rings. The number of fused-ring (bicyclic) bond motifs is 1. The van der Waals surface area contributed by atoms with Gasteiger partial charge < -0.3 is 14.2 Å². The molecule has 5 nitrogen and oxygen atoms in total. The zero-order valence-electron chi connectivity index (χ0n) is 15.0. The van der Waals surface area contributed by atoms with E-state index < -0.39 is 0 Å². The van der Waals surface area contributed by atoms with Crippen LogP contribution in [0.2, 0.25) is 0 Å². The van der Waals surface area contributed by atoms with Gasteiger partial charge in [0, 0.05) is 17.3 Å². The maximum absolute atomic E-state index is 12.1. The lowest BCUT2D eigenvalue weighted by Gasteiger charge is -2.03. The molecule has 134 valence electrons. The lowest BCUT2D eigenvalue weighted by atomic mass is 10.1. The van der Waals surface area contributed by atoms with Crippen LogP contribution in [0.25, 0.3) is 28.6 Å². The second-order valence-electron chi connectivity index (χ2n) is 6.37. The van der Waals surface area contributed by atoms with E-state index in [1.807, 2.05) is 44.2 Å². The molecule has 27 heavy (non-hydrogen) atoms. The second kappa shape index (κ2) is 6.96. The Morgan fingerprint density at radius 1 is 1.11 bits per heavy atom. The summed E-state index contributed by atoms with van der Waals surface area (Å²) in [6.45, 7) is 4.04. The summed E-state index contributed by atoms with van der Waals surface area (Å²) in [5.41, 5.74) is 5.28. The van der Waals surface area contributed by atoms with Crippen LogP contribution < -0.4 is 5.32 Å². The number of carbonyl (C=O) groups excluding carboxylic acids is 1. The maximum Gasteiger partial charge on any atom is 0.248 e. The van der Waals surface area contributed by atoms with Crippen molar-refractivity contribution < 1.29 is 13.6 Å². The van der Waals surface area contributed by atoms with Gasteiger partial charge in [0.1, 0.15) is 11.3 Å². The van der Waals surface area contributed by atoms with E-state index >= 15 is 0 Å². The van der Waals surface area contributed by atoms with Gasteiger partial charge in [0.25, 0.3) is 0 Å². The van der Waals surface area contributed by atoms with Gasteiger partial charge in [-0.1, -0.05) is 12.1 Å². The van der Waals surface area contributed by atoms with Gasteiger partial charge in [-0.15, -0.1) is 0 Å². The fourth-order valence-corrected chi connectivity index (χ4v) is 2.96. The normalized spacial score (nSPS) is 11.3. The number of nitrogens with zero attached hydrogens (tertiary/aromatic N) is 1. The van der Waals surface area contributed by atoms with E-state index in [1.54, 1.807) is 24.5 Å². The molecule has 1 amide bonds. The summed E-state index contributed by atoms with van der Waals surface area (Å²) in [6.07, 6.45) is 4.60. The first-order valence-electron chi connectivity index (χ1n) is 8.59. The first-order chi connectivity index (χ1) is 13.1. The van der Waals surface area contributed by atoms with Gasteiger partial charge in [-0.2, -0.15) is 0 Å². The maximum atomic E-state index is 12.1. The van der Waals surface area contributed by atoms with Crippen LogP contribution in [0.5, 0.6) is 0 Å². The number of hydrogen-bond donors (Lipinski definition) is 1. The lowest BCUT2D eigenvalue weighted by Crippen LogP contribution is -2.07. The average molecular weight is 358 g/mol. The van der Waals surface area contributed by atoms with Crippen LogP contribution in [0, 0.1) is 13.8 Å². The fraction of sp³-hybridized carbons (Fsp3) is 0.0909. The third kappa shape index (κ3) is 3.67. The highest BCUT2D eigenvalue weighted by Crippen LogP contribution is 2.28. The molecule has 2 aromatic carbocycles. The number of carbonyl (C=O) groups is 1. The van der Waals surface area contributed by atoms with Crippen molar-refractivity contribution in [2.75, 3.05) is 5.32 Å². The molecule has 0 aliphatic carbocycles. The third-order valence-electron chi connectivity index (χ3n) is 4.14. The lowest BCUT2D eigenvalue weighted by molar-refractivity contribution is -0.111. The number of aromatic nitrogens is 1. The van der Waals surface area contributed by atoms with E-state index in [-0.39, 0.29) is 5.91 Å². The monoisotopic (exact) mass is 358 g/mol. The van der Waals surface area contributed by atoms with Gasteiger partial charge >= 0.3 is 0 Å². The molecule has 0 atom stereocenters. The number of nitrogens with one attached hydrogen (secondary N) is 1. The number of oxazole rings is 1. The van der Waals surface area contributed by atoms with Crippen LogP contribution in [-0.4, -0.2) is 10.9 Å². The van der Waals surface area contributed by atoms with E-state index in [2.05, 4.69) is 16.4 Å². The van der Waals surface area contributed by atoms with Crippen molar-refractivity contribution in [1.29, 1.82) is 0 Å². The number of hydrogen-bond acceptors (Lipinski definition) is 4. The van der Waals surface area contributed by atoms with Gasteiger partial charge in [0.05, 0.1) is 6.26 Å². The van der Waals surface area contributed by atoms with E-state index in [0.29, 0.717) is 17.3 Å². The minimum Gasteiger partial charge on any atom is -0.465 e. The van der Waals surface area contributed by atoms with E-state index in [1.165, 1.54) is 6.08 Å². The van der Waals surface area contributed by atoms with Gasteiger partial charge in [-0.05, 0) is 67.4 Å². The minimum atomic E-state index is -0.243. The van der Waals surface area contributed by atoms with E-state index in [0.717, 1.165) is 27.8 Å². The van der Waals surface area contributed by atoms with Gasteiger partial charge in [-0.3, -0.25) is 4.79 Å². The molecular weight excluding hydrogens is 340 g/mol. The summed E-state index contributed by atoms with van der Waals surface area (Å²) >= 11 is 0. The quantitative estimate of drug-likeness (QED) is 0.499. The van der Waals surface area contributed by atoms with Gasteiger partial charge in [0.15, 0.2) is 5.58 Å². The Kier molecular flexibility index (Phi) is 4.34. The van der Waals surface area contributed by atoms with Crippen LogP contribution in [0.15, 0.2) is 69.7 Å².